The van der Waals surface area contributed by atoms with E-state index in [1.54, 1.807) is 0 Å². The Hall–Kier alpha value is -1.24. The van der Waals surface area contributed by atoms with Gasteiger partial charge in [0.2, 0.25) is 0 Å². The van der Waals surface area contributed by atoms with Crippen LogP contribution in [0.4, 0.5) is 10.5 Å². The lowest BCUT2D eigenvalue weighted by molar-refractivity contribution is 0.257. The molecular weight excluding hydrogens is 308 g/mol. The average Bonchev–Trinajstić information content (AvgIpc) is 3.19. The number of rotatable bonds is 6. The highest BCUT2D eigenvalue weighted by atomic mass is 32.2. The van der Waals surface area contributed by atoms with Crippen LogP contribution in [0, 0.1) is 0 Å². The van der Waals surface area contributed by atoms with Gasteiger partial charge in [-0.2, -0.15) is 0 Å². The van der Waals surface area contributed by atoms with Gasteiger partial charge in [-0.1, -0.05) is 6.07 Å². The quantitative estimate of drug-likeness (QED) is 0.700. The summed E-state index contributed by atoms with van der Waals surface area (Å²) in [6, 6.07) is 2.26. The Kier molecular flexibility index (Phi) is 5.46. The largest absolute Gasteiger partial charge is 0.330 e. The van der Waals surface area contributed by atoms with Crippen LogP contribution < -0.4 is 15.4 Å². The molecule has 3 rings (SSSR count). The van der Waals surface area contributed by atoms with Crippen molar-refractivity contribution in [2.75, 3.05) is 32.5 Å². The molecule has 5 nitrogen and oxygen atoms in total. The second kappa shape index (κ2) is 7.55. The fraction of sp³-hybridized carbons (Fsp3) is 0.588. The summed E-state index contributed by atoms with van der Waals surface area (Å²) in [5, 5.41) is 6.24. The molecule has 3 N–H and O–H groups in total. The Morgan fingerprint density at radius 3 is 2.43 bits per heavy atom. The van der Waals surface area contributed by atoms with Crippen LogP contribution in [0.25, 0.3) is 0 Å². The number of amides is 2. The van der Waals surface area contributed by atoms with E-state index in [1.807, 2.05) is 18.4 Å². The minimum atomic E-state index is -0.124. The Bertz CT molecular complexity index is 558. The molecule has 0 unspecified atom stereocenters. The molecule has 2 aliphatic rings. The average molecular weight is 334 g/mol. The number of carbonyl (C=O) groups excluding carboxylic acids is 1. The summed E-state index contributed by atoms with van der Waals surface area (Å²) in [6.07, 6.45) is 6.90. The molecule has 0 bridgehead atoms. The molecular formula is C17H26N4OS. The number of carbonyl (C=O) groups is 1. The Labute approximate surface area is 142 Å². The maximum atomic E-state index is 12.3. The first-order chi connectivity index (χ1) is 11.2. The lowest BCUT2D eigenvalue weighted by Gasteiger charge is -2.18. The topological polar surface area (TPSA) is 56.4 Å². The monoisotopic (exact) mass is 334 g/mol. The summed E-state index contributed by atoms with van der Waals surface area (Å²) in [4.78, 5) is 12.3. The number of likely N-dealkylation sites (N-methyl/N-ethyl adjacent to an activating group) is 2. The van der Waals surface area contributed by atoms with E-state index in [-0.39, 0.29) is 6.03 Å². The fourth-order valence-corrected chi connectivity index (χ4v) is 4.01. The van der Waals surface area contributed by atoms with Gasteiger partial charge in [0, 0.05) is 30.9 Å². The molecule has 2 amide bonds. The van der Waals surface area contributed by atoms with Gasteiger partial charge in [0.05, 0.1) is 0 Å². The highest BCUT2D eigenvalue weighted by Gasteiger charge is 2.24. The fourth-order valence-electron chi connectivity index (χ4n) is 3.54. The third kappa shape index (κ3) is 3.82. The van der Waals surface area contributed by atoms with E-state index in [4.69, 9.17) is 0 Å². The van der Waals surface area contributed by atoms with Crippen LogP contribution in [-0.2, 0) is 25.7 Å². The zero-order valence-electron chi connectivity index (χ0n) is 14.0. The minimum absolute atomic E-state index is 0.124. The first kappa shape index (κ1) is 16.6. The molecule has 0 spiro atoms. The summed E-state index contributed by atoms with van der Waals surface area (Å²) in [6.45, 7) is 1.77. The molecule has 126 valence electrons. The molecule has 0 atom stereocenters. The van der Waals surface area contributed by atoms with Crippen molar-refractivity contribution in [1.29, 1.82) is 0 Å². The number of urea groups is 1. The second-order valence-corrected chi connectivity index (χ2v) is 7.35. The van der Waals surface area contributed by atoms with Crippen molar-refractivity contribution in [3.05, 3.63) is 28.3 Å². The summed E-state index contributed by atoms with van der Waals surface area (Å²) >= 11 is 1.34. The van der Waals surface area contributed by atoms with E-state index >= 15 is 0 Å². The van der Waals surface area contributed by atoms with Crippen LogP contribution in [0.5, 0.6) is 0 Å². The van der Waals surface area contributed by atoms with Gasteiger partial charge in [0.25, 0.3) is 0 Å². The second-order valence-electron chi connectivity index (χ2n) is 6.34. The van der Waals surface area contributed by atoms with E-state index < -0.39 is 0 Å². The zero-order chi connectivity index (χ0) is 16.2. The van der Waals surface area contributed by atoms with Crippen molar-refractivity contribution in [2.45, 2.75) is 38.5 Å². The maximum absolute atomic E-state index is 12.3. The number of benzene rings is 1. The van der Waals surface area contributed by atoms with Crippen molar-refractivity contribution in [3.8, 4) is 0 Å². The van der Waals surface area contributed by atoms with Crippen molar-refractivity contribution in [2.24, 2.45) is 0 Å². The van der Waals surface area contributed by atoms with Crippen LogP contribution >= 0.6 is 12.1 Å². The van der Waals surface area contributed by atoms with Gasteiger partial charge in [-0.25, -0.2) is 9.10 Å². The maximum Gasteiger partial charge on any atom is 0.330 e. The first-order valence-corrected chi connectivity index (χ1v) is 9.22. The van der Waals surface area contributed by atoms with Crippen molar-refractivity contribution < 1.29 is 4.79 Å². The molecule has 6 heteroatoms. The smallest absolute Gasteiger partial charge is 0.318 e. The predicted molar refractivity (Wildman–Crippen MR) is 96.8 cm³/mol. The van der Waals surface area contributed by atoms with Gasteiger partial charge in [-0.15, -0.1) is 0 Å². The Morgan fingerprint density at radius 2 is 1.83 bits per heavy atom. The van der Waals surface area contributed by atoms with E-state index in [2.05, 4.69) is 21.4 Å². The van der Waals surface area contributed by atoms with Crippen LogP contribution in [0.1, 0.15) is 35.1 Å². The Morgan fingerprint density at radius 1 is 1.17 bits per heavy atom. The van der Waals surface area contributed by atoms with E-state index in [0.717, 1.165) is 44.5 Å². The van der Waals surface area contributed by atoms with Crippen molar-refractivity contribution >= 4 is 23.9 Å². The molecule has 2 aliphatic carbocycles. The molecule has 23 heavy (non-hydrogen) atoms. The molecule has 0 radical (unpaired) electrons. The number of nitrogens with zero attached hydrogens (tertiary/aromatic N) is 1. The number of hydrogen-bond donors (Lipinski definition) is 3. The van der Waals surface area contributed by atoms with Crippen LogP contribution in [0.3, 0.4) is 0 Å². The molecule has 0 aliphatic heterocycles. The van der Waals surface area contributed by atoms with Gasteiger partial charge in [-0.05, 0) is 74.9 Å². The number of aryl methyl sites for hydroxylation is 2. The molecule has 0 saturated heterocycles. The lowest BCUT2D eigenvalue weighted by atomic mass is 9.99. The summed E-state index contributed by atoms with van der Waals surface area (Å²) in [7, 11) is 3.90. The highest BCUT2D eigenvalue weighted by Crippen LogP contribution is 2.38. The normalized spacial score (nSPS) is 15.6. The van der Waals surface area contributed by atoms with E-state index in [9.17, 15) is 4.79 Å². The summed E-state index contributed by atoms with van der Waals surface area (Å²) in [5.41, 5.74) is 6.73. The van der Waals surface area contributed by atoms with Gasteiger partial charge in [0.15, 0.2) is 0 Å². The van der Waals surface area contributed by atoms with Gasteiger partial charge >= 0.3 is 6.03 Å². The van der Waals surface area contributed by atoms with Crippen LogP contribution in [0.2, 0.25) is 0 Å². The zero-order valence-corrected chi connectivity index (χ0v) is 14.8. The molecule has 0 aromatic heterocycles. The molecule has 0 saturated carbocycles. The van der Waals surface area contributed by atoms with Crippen molar-refractivity contribution in [1.82, 2.24) is 14.3 Å². The SMILES string of the molecule is CNCCN(C)SNC(=O)Nc1c2c(cc3c1CCC3)CCC2. The van der Waals surface area contributed by atoms with Gasteiger partial charge in [0.1, 0.15) is 0 Å². The number of anilines is 1. The van der Waals surface area contributed by atoms with Crippen LogP contribution in [-0.4, -0.2) is 37.5 Å². The number of nitrogens with one attached hydrogen (secondary N) is 3. The van der Waals surface area contributed by atoms with Crippen molar-refractivity contribution in [3.63, 3.8) is 0 Å². The first-order valence-electron chi connectivity index (χ1n) is 8.45. The third-order valence-electron chi connectivity index (χ3n) is 4.68. The summed E-state index contributed by atoms with van der Waals surface area (Å²) in [5.74, 6) is 0. The molecule has 0 heterocycles. The van der Waals surface area contributed by atoms with Gasteiger partial charge < -0.3 is 10.6 Å². The minimum Gasteiger partial charge on any atom is -0.318 e. The predicted octanol–water partition coefficient (Wildman–Crippen LogP) is 2.50. The third-order valence-corrected chi connectivity index (χ3v) is 5.45. The van der Waals surface area contributed by atoms with E-state index in [0.29, 0.717) is 0 Å². The summed E-state index contributed by atoms with van der Waals surface area (Å²) < 4.78 is 4.90. The molecule has 1 aromatic carbocycles. The molecule has 0 fully saturated rings. The number of fused-ring (bicyclic) bond motifs is 2. The van der Waals surface area contributed by atoms with E-state index in [1.165, 1.54) is 47.2 Å². The lowest BCUT2D eigenvalue weighted by Crippen LogP contribution is -2.30. The number of hydrogen-bond acceptors (Lipinski definition) is 4. The highest BCUT2D eigenvalue weighted by molar-refractivity contribution is 7.95. The van der Waals surface area contributed by atoms with Gasteiger partial charge in [-0.3, -0.25) is 4.72 Å². The molecule has 1 aromatic rings. The van der Waals surface area contributed by atoms with Crippen LogP contribution in [0.15, 0.2) is 6.07 Å². The standard InChI is InChI=1S/C17H26N4OS/c1-18-9-10-21(2)23-20-17(22)19-16-14-7-3-5-12(14)11-13-6-4-8-15(13)16/h11,18H,3-10H2,1-2H3,(H2,19,20,22). The Balaban J connectivity index is 1.65.